The highest BCUT2D eigenvalue weighted by Crippen LogP contribution is 2.10. The summed E-state index contributed by atoms with van der Waals surface area (Å²) in [5, 5.41) is 23.4. The van der Waals surface area contributed by atoms with Crippen molar-refractivity contribution >= 4 is 17.6 Å². The van der Waals surface area contributed by atoms with Gasteiger partial charge in [-0.15, -0.1) is 0 Å². The van der Waals surface area contributed by atoms with Crippen LogP contribution >= 0.6 is 0 Å². The number of carbonyl (C=O) groups excluding carboxylic acids is 1. The maximum absolute atomic E-state index is 12.0. The van der Waals surface area contributed by atoms with Crippen molar-refractivity contribution in [2.45, 2.75) is 32.6 Å². The fraction of sp³-hybridized carbons (Fsp3) is 0.421. The molecule has 0 saturated heterocycles. The van der Waals surface area contributed by atoms with Crippen LogP contribution in [0.4, 0.5) is 5.69 Å². The number of carboxylic acids is 1. The van der Waals surface area contributed by atoms with E-state index < -0.39 is 11.9 Å². The third-order valence-corrected chi connectivity index (χ3v) is 3.45. The third kappa shape index (κ3) is 8.85. The van der Waals surface area contributed by atoms with Gasteiger partial charge in [0.15, 0.2) is 0 Å². The molecule has 0 radical (unpaired) electrons. The lowest BCUT2D eigenvalue weighted by atomic mass is 10.1. The first-order chi connectivity index (χ1) is 12.6. The number of unbranched alkanes of at least 4 members (excludes halogenated alkanes) is 1. The van der Waals surface area contributed by atoms with Crippen molar-refractivity contribution in [3.8, 4) is 6.07 Å². The van der Waals surface area contributed by atoms with Gasteiger partial charge in [-0.2, -0.15) is 5.26 Å². The highest BCUT2D eigenvalue weighted by atomic mass is 16.5. The number of aliphatic carboxylic acids is 1. The fourth-order valence-electron chi connectivity index (χ4n) is 2.02. The molecular weight excluding hydrogens is 334 g/mol. The van der Waals surface area contributed by atoms with Crippen molar-refractivity contribution in [2.75, 3.05) is 25.1 Å². The van der Waals surface area contributed by atoms with Crippen LogP contribution in [0, 0.1) is 11.3 Å². The zero-order chi connectivity index (χ0) is 19.2. The molecule has 0 aliphatic carbocycles. The van der Waals surface area contributed by atoms with Crippen LogP contribution in [-0.2, 0) is 20.7 Å². The van der Waals surface area contributed by atoms with E-state index in [9.17, 15) is 9.59 Å². The number of anilines is 1. The van der Waals surface area contributed by atoms with Gasteiger partial charge in [-0.25, -0.2) is 0 Å². The van der Waals surface area contributed by atoms with E-state index in [0.29, 0.717) is 30.8 Å². The SMILES string of the molecule is CCCCOCCCNC(=O)/C(C#N)=C\Nc1ccc(CC(=O)O)cc1. The number of nitrogens with one attached hydrogen (secondary N) is 2. The Morgan fingerprint density at radius 2 is 1.92 bits per heavy atom. The number of carbonyl (C=O) groups is 2. The van der Waals surface area contributed by atoms with E-state index >= 15 is 0 Å². The van der Waals surface area contributed by atoms with Crippen LogP contribution in [0.1, 0.15) is 31.7 Å². The maximum Gasteiger partial charge on any atom is 0.307 e. The topological polar surface area (TPSA) is 111 Å². The van der Waals surface area contributed by atoms with E-state index in [1.807, 2.05) is 6.07 Å². The second-order valence-corrected chi connectivity index (χ2v) is 5.66. The van der Waals surface area contributed by atoms with Crippen LogP contribution in [0.15, 0.2) is 36.0 Å². The minimum atomic E-state index is -0.898. The van der Waals surface area contributed by atoms with Gasteiger partial charge in [0.2, 0.25) is 0 Å². The van der Waals surface area contributed by atoms with Gasteiger partial charge < -0.3 is 20.5 Å². The quantitative estimate of drug-likeness (QED) is 0.300. The summed E-state index contributed by atoms with van der Waals surface area (Å²) in [5.74, 6) is -1.35. The van der Waals surface area contributed by atoms with E-state index in [2.05, 4.69) is 17.6 Å². The number of benzene rings is 1. The highest BCUT2D eigenvalue weighted by Gasteiger charge is 2.08. The molecule has 0 heterocycles. The maximum atomic E-state index is 12.0. The molecule has 140 valence electrons. The lowest BCUT2D eigenvalue weighted by Crippen LogP contribution is -2.26. The summed E-state index contributed by atoms with van der Waals surface area (Å²) in [6.45, 7) is 3.83. The second kappa shape index (κ2) is 12.5. The minimum Gasteiger partial charge on any atom is -0.481 e. The lowest BCUT2D eigenvalue weighted by molar-refractivity contribution is -0.136. The van der Waals surface area contributed by atoms with Crippen LogP contribution in [0.3, 0.4) is 0 Å². The predicted molar refractivity (Wildman–Crippen MR) is 98.5 cm³/mol. The van der Waals surface area contributed by atoms with Gasteiger partial charge in [0, 0.05) is 31.6 Å². The fourth-order valence-corrected chi connectivity index (χ4v) is 2.02. The number of nitrogens with zero attached hydrogens (tertiary/aromatic N) is 1. The molecule has 0 spiro atoms. The summed E-state index contributed by atoms with van der Waals surface area (Å²) >= 11 is 0. The largest absolute Gasteiger partial charge is 0.481 e. The second-order valence-electron chi connectivity index (χ2n) is 5.66. The molecular formula is C19H25N3O4. The van der Waals surface area contributed by atoms with E-state index in [-0.39, 0.29) is 12.0 Å². The van der Waals surface area contributed by atoms with Gasteiger partial charge in [-0.1, -0.05) is 25.5 Å². The lowest BCUT2D eigenvalue weighted by Gasteiger charge is -2.06. The Kier molecular flexibility index (Phi) is 10.2. The van der Waals surface area contributed by atoms with Crippen molar-refractivity contribution in [2.24, 2.45) is 0 Å². The molecule has 1 amide bonds. The van der Waals surface area contributed by atoms with E-state index in [4.69, 9.17) is 15.1 Å². The zero-order valence-corrected chi connectivity index (χ0v) is 15.0. The van der Waals surface area contributed by atoms with Gasteiger partial charge in [0.05, 0.1) is 6.42 Å². The third-order valence-electron chi connectivity index (χ3n) is 3.45. The number of hydrogen-bond donors (Lipinski definition) is 3. The van der Waals surface area contributed by atoms with Crippen molar-refractivity contribution in [3.63, 3.8) is 0 Å². The molecule has 0 aromatic heterocycles. The van der Waals surface area contributed by atoms with Crippen LogP contribution in [0.25, 0.3) is 0 Å². The molecule has 1 aromatic rings. The van der Waals surface area contributed by atoms with Crippen molar-refractivity contribution in [1.29, 1.82) is 5.26 Å². The Labute approximate surface area is 153 Å². The highest BCUT2D eigenvalue weighted by molar-refractivity contribution is 5.97. The minimum absolute atomic E-state index is 0.0356. The summed E-state index contributed by atoms with van der Waals surface area (Å²) in [6, 6.07) is 8.59. The zero-order valence-electron chi connectivity index (χ0n) is 15.0. The van der Waals surface area contributed by atoms with Crippen LogP contribution in [-0.4, -0.2) is 36.7 Å². The molecule has 0 atom stereocenters. The molecule has 1 rings (SSSR count). The number of nitriles is 1. The number of carboxylic acid groups (broad SMARTS) is 1. The van der Waals surface area contributed by atoms with Gasteiger partial charge >= 0.3 is 5.97 Å². The number of amides is 1. The number of ether oxygens (including phenoxy) is 1. The molecule has 1 aromatic carbocycles. The summed E-state index contributed by atoms with van der Waals surface area (Å²) < 4.78 is 5.40. The predicted octanol–water partition coefficient (Wildman–Crippen LogP) is 2.46. The molecule has 7 heteroatoms. The molecule has 0 aliphatic heterocycles. The Morgan fingerprint density at radius 3 is 2.54 bits per heavy atom. The molecule has 7 nitrogen and oxygen atoms in total. The van der Waals surface area contributed by atoms with Crippen LogP contribution < -0.4 is 10.6 Å². The van der Waals surface area contributed by atoms with Gasteiger partial charge in [-0.05, 0) is 30.5 Å². The first kappa shape index (κ1) is 21.2. The monoisotopic (exact) mass is 359 g/mol. The van der Waals surface area contributed by atoms with Crippen molar-refractivity contribution in [1.82, 2.24) is 5.32 Å². The summed E-state index contributed by atoms with van der Waals surface area (Å²) in [7, 11) is 0. The average Bonchev–Trinajstić information content (AvgIpc) is 2.62. The first-order valence-electron chi connectivity index (χ1n) is 8.60. The summed E-state index contributed by atoms with van der Waals surface area (Å²) in [5.41, 5.74) is 1.29. The molecule has 0 bridgehead atoms. The summed E-state index contributed by atoms with van der Waals surface area (Å²) in [6.07, 6.45) is 4.08. The first-order valence-corrected chi connectivity index (χ1v) is 8.60. The Balaban J connectivity index is 2.40. The molecule has 26 heavy (non-hydrogen) atoms. The molecule has 3 N–H and O–H groups in total. The normalized spacial score (nSPS) is 10.8. The number of rotatable bonds is 12. The smallest absolute Gasteiger partial charge is 0.307 e. The average molecular weight is 359 g/mol. The Bertz CT molecular complexity index is 648. The molecule has 0 fully saturated rings. The van der Waals surface area contributed by atoms with E-state index in [0.717, 1.165) is 19.4 Å². The molecule has 0 aliphatic rings. The van der Waals surface area contributed by atoms with Crippen LogP contribution in [0.5, 0.6) is 0 Å². The Hall–Kier alpha value is -2.85. The van der Waals surface area contributed by atoms with Gasteiger partial charge in [0.1, 0.15) is 11.6 Å². The Morgan fingerprint density at radius 1 is 1.23 bits per heavy atom. The van der Waals surface area contributed by atoms with Crippen molar-refractivity contribution in [3.05, 3.63) is 41.6 Å². The van der Waals surface area contributed by atoms with E-state index in [1.165, 1.54) is 6.20 Å². The van der Waals surface area contributed by atoms with Crippen molar-refractivity contribution < 1.29 is 19.4 Å². The van der Waals surface area contributed by atoms with Gasteiger partial charge in [-0.3, -0.25) is 9.59 Å². The summed E-state index contributed by atoms with van der Waals surface area (Å²) in [4.78, 5) is 22.6. The van der Waals surface area contributed by atoms with E-state index in [1.54, 1.807) is 24.3 Å². The molecule has 0 saturated carbocycles. The van der Waals surface area contributed by atoms with Crippen LogP contribution in [0.2, 0.25) is 0 Å². The standard InChI is InChI=1S/C19H25N3O4/c1-2-3-10-26-11-4-9-21-19(25)16(13-20)14-22-17-7-5-15(6-8-17)12-18(23)24/h5-8,14,22H,2-4,9-12H2,1H3,(H,21,25)(H,23,24)/b16-14-. The molecule has 0 unspecified atom stereocenters. The van der Waals surface area contributed by atoms with Gasteiger partial charge in [0.25, 0.3) is 5.91 Å². The number of hydrogen-bond acceptors (Lipinski definition) is 5.